The third-order valence-electron chi connectivity index (χ3n) is 2.23. The van der Waals surface area contributed by atoms with Gasteiger partial charge in [0.2, 0.25) is 0 Å². The van der Waals surface area contributed by atoms with Gasteiger partial charge >= 0.3 is 0 Å². The summed E-state index contributed by atoms with van der Waals surface area (Å²) in [4.78, 5) is 26.6. The molecule has 0 radical (unpaired) electrons. The van der Waals surface area contributed by atoms with E-state index in [4.69, 9.17) is 26.2 Å². The summed E-state index contributed by atoms with van der Waals surface area (Å²) in [6.45, 7) is 1.25. The van der Waals surface area contributed by atoms with Crippen molar-refractivity contribution in [3.8, 4) is 5.75 Å². The minimum atomic E-state index is -0.250. The predicted molar refractivity (Wildman–Crippen MR) is 66.4 cm³/mol. The van der Waals surface area contributed by atoms with Crippen molar-refractivity contribution in [2.45, 2.75) is 6.92 Å². The van der Waals surface area contributed by atoms with E-state index in [1.54, 1.807) is 6.20 Å². The van der Waals surface area contributed by atoms with E-state index in [2.05, 4.69) is 9.97 Å². The summed E-state index contributed by atoms with van der Waals surface area (Å²) in [6, 6.07) is 0. The molecule has 0 spiro atoms. The van der Waals surface area contributed by atoms with Crippen molar-refractivity contribution in [3.05, 3.63) is 23.1 Å². The first-order chi connectivity index (χ1) is 8.56. The maximum atomic E-state index is 11.4. The fourth-order valence-corrected chi connectivity index (χ4v) is 1.72. The molecule has 2 rings (SSSR count). The molecule has 0 fully saturated rings. The van der Waals surface area contributed by atoms with E-state index in [1.807, 2.05) is 0 Å². The van der Waals surface area contributed by atoms with Gasteiger partial charge in [-0.3, -0.25) is 9.59 Å². The first-order valence-corrected chi connectivity index (χ1v) is 5.23. The van der Waals surface area contributed by atoms with Gasteiger partial charge in [0.15, 0.2) is 10.9 Å². The number of nitrogens with one attached hydrogen (secondary N) is 1. The number of fused-ring (bicyclic) bond motifs is 1. The molecular weight excluding hydrogens is 260 g/mol. The van der Waals surface area contributed by atoms with Crippen LogP contribution in [0.1, 0.15) is 17.3 Å². The van der Waals surface area contributed by atoms with Crippen molar-refractivity contribution in [3.63, 3.8) is 0 Å². The Morgan fingerprint density at radius 3 is 2.72 bits per heavy atom. The SMILES string of the molecule is COc1cnc(Cl)c2[nH]cc(C(C)=O)c12.O=CO. The van der Waals surface area contributed by atoms with E-state index in [1.165, 1.54) is 20.2 Å². The van der Waals surface area contributed by atoms with Crippen molar-refractivity contribution in [1.29, 1.82) is 0 Å². The van der Waals surface area contributed by atoms with Crippen molar-refractivity contribution < 1.29 is 19.4 Å². The highest BCUT2D eigenvalue weighted by Gasteiger charge is 2.15. The third kappa shape index (κ3) is 2.60. The Kier molecular flexibility index (Phi) is 4.67. The molecular formula is C11H11ClN2O4. The van der Waals surface area contributed by atoms with Crippen LogP contribution in [-0.2, 0) is 4.79 Å². The molecule has 0 saturated carbocycles. The highest BCUT2D eigenvalue weighted by molar-refractivity contribution is 6.34. The Morgan fingerprint density at radius 1 is 1.61 bits per heavy atom. The molecule has 6 nitrogen and oxygen atoms in total. The van der Waals surface area contributed by atoms with Gasteiger partial charge in [0.25, 0.3) is 6.47 Å². The first kappa shape index (κ1) is 14.0. The maximum Gasteiger partial charge on any atom is 0.290 e. The number of halogens is 1. The van der Waals surface area contributed by atoms with E-state index < -0.39 is 0 Å². The third-order valence-corrected chi connectivity index (χ3v) is 2.51. The fourth-order valence-electron chi connectivity index (χ4n) is 1.52. The number of ether oxygens (including phenoxy) is 1. The van der Waals surface area contributed by atoms with E-state index in [0.717, 1.165) is 0 Å². The Hall–Kier alpha value is -2.08. The lowest BCUT2D eigenvalue weighted by atomic mass is 10.1. The summed E-state index contributed by atoms with van der Waals surface area (Å²) in [5.41, 5.74) is 1.19. The number of hydrogen-bond donors (Lipinski definition) is 2. The standard InChI is InChI=1S/C10H9ClN2O2.CH2O2/c1-5(14)6-3-12-9-8(6)7(15-2)4-13-10(9)11;2-1-3/h3-4,12H,1-2H3;1H,(H,2,3). The van der Waals surface area contributed by atoms with E-state index in [-0.39, 0.29) is 12.3 Å². The van der Waals surface area contributed by atoms with Crippen LogP contribution in [0.4, 0.5) is 0 Å². The van der Waals surface area contributed by atoms with Crippen LogP contribution in [0.2, 0.25) is 5.15 Å². The number of H-pyrrole nitrogens is 1. The fraction of sp³-hybridized carbons (Fsp3) is 0.182. The Balaban J connectivity index is 0.000000492. The Labute approximate surface area is 108 Å². The Bertz CT molecular complexity index is 580. The van der Waals surface area contributed by atoms with Crippen LogP contribution in [-0.4, -0.2) is 34.4 Å². The lowest BCUT2D eigenvalue weighted by Gasteiger charge is -2.03. The number of carbonyl (C=O) groups excluding carboxylic acids is 1. The van der Waals surface area contributed by atoms with Crippen molar-refractivity contribution in [1.82, 2.24) is 9.97 Å². The smallest absolute Gasteiger partial charge is 0.290 e. The van der Waals surface area contributed by atoms with Gasteiger partial charge in [0, 0.05) is 11.8 Å². The van der Waals surface area contributed by atoms with E-state index in [9.17, 15) is 4.79 Å². The van der Waals surface area contributed by atoms with Gasteiger partial charge in [-0.2, -0.15) is 0 Å². The van der Waals surface area contributed by atoms with E-state index in [0.29, 0.717) is 27.4 Å². The Morgan fingerprint density at radius 2 is 2.22 bits per heavy atom. The number of nitrogens with zero attached hydrogens (tertiary/aromatic N) is 1. The molecule has 2 heterocycles. The van der Waals surface area contributed by atoms with Crippen LogP contribution >= 0.6 is 11.6 Å². The molecule has 0 amide bonds. The summed E-state index contributed by atoms with van der Waals surface area (Å²) in [6.07, 6.45) is 3.12. The second-order valence-electron chi connectivity index (χ2n) is 3.23. The summed E-state index contributed by atoms with van der Waals surface area (Å²) in [7, 11) is 1.53. The highest BCUT2D eigenvalue weighted by atomic mass is 35.5. The lowest BCUT2D eigenvalue weighted by Crippen LogP contribution is -1.93. The van der Waals surface area contributed by atoms with Gasteiger partial charge in [-0.05, 0) is 6.92 Å². The van der Waals surface area contributed by atoms with Gasteiger partial charge < -0.3 is 14.8 Å². The molecule has 0 unspecified atom stereocenters. The molecule has 7 heteroatoms. The predicted octanol–water partition coefficient (Wildman–Crippen LogP) is 2.13. The number of aromatic nitrogens is 2. The number of carboxylic acid groups (broad SMARTS) is 1. The van der Waals surface area contributed by atoms with Crippen molar-refractivity contribution >= 4 is 34.8 Å². The maximum absolute atomic E-state index is 11.4. The van der Waals surface area contributed by atoms with Gasteiger partial charge in [0.1, 0.15) is 5.75 Å². The average molecular weight is 271 g/mol. The molecule has 96 valence electrons. The molecule has 0 aromatic carbocycles. The number of hydrogen-bond acceptors (Lipinski definition) is 4. The molecule has 0 aliphatic heterocycles. The van der Waals surface area contributed by atoms with Crippen LogP contribution in [0.3, 0.4) is 0 Å². The molecule has 0 aliphatic carbocycles. The monoisotopic (exact) mass is 270 g/mol. The second-order valence-corrected chi connectivity index (χ2v) is 3.59. The molecule has 0 atom stereocenters. The number of pyridine rings is 1. The second kappa shape index (κ2) is 6.02. The molecule has 2 aromatic rings. The van der Waals surface area contributed by atoms with Crippen LogP contribution in [0.5, 0.6) is 5.75 Å². The first-order valence-electron chi connectivity index (χ1n) is 4.85. The summed E-state index contributed by atoms with van der Waals surface area (Å²) in [5.74, 6) is 0.502. The van der Waals surface area contributed by atoms with Crippen LogP contribution < -0.4 is 4.74 Å². The zero-order chi connectivity index (χ0) is 13.7. The van der Waals surface area contributed by atoms with Crippen LogP contribution in [0, 0.1) is 0 Å². The number of methoxy groups -OCH3 is 1. The molecule has 2 N–H and O–H groups in total. The quantitative estimate of drug-likeness (QED) is 0.495. The normalized spacial score (nSPS) is 9.50. The number of rotatable bonds is 2. The summed E-state index contributed by atoms with van der Waals surface area (Å²) < 4.78 is 5.14. The summed E-state index contributed by atoms with van der Waals surface area (Å²) in [5, 5.41) is 7.91. The van der Waals surface area contributed by atoms with Gasteiger partial charge in [0.05, 0.1) is 24.2 Å². The van der Waals surface area contributed by atoms with Gasteiger partial charge in [-0.1, -0.05) is 11.6 Å². The molecule has 18 heavy (non-hydrogen) atoms. The minimum absolute atomic E-state index is 0.0400. The largest absolute Gasteiger partial charge is 0.494 e. The number of carbonyl (C=O) groups is 2. The van der Waals surface area contributed by atoms with Crippen molar-refractivity contribution in [2.24, 2.45) is 0 Å². The zero-order valence-electron chi connectivity index (χ0n) is 9.73. The lowest BCUT2D eigenvalue weighted by molar-refractivity contribution is -0.122. The topological polar surface area (TPSA) is 92.3 Å². The van der Waals surface area contributed by atoms with Crippen LogP contribution in [0.25, 0.3) is 10.9 Å². The van der Waals surface area contributed by atoms with E-state index >= 15 is 0 Å². The minimum Gasteiger partial charge on any atom is -0.494 e. The van der Waals surface area contributed by atoms with Gasteiger partial charge in [-0.15, -0.1) is 0 Å². The zero-order valence-corrected chi connectivity index (χ0v) is 10.5. The highest BCUT2D eigenvalue weighted by Crippen LogP contribution is 2.31. The molecule has 0 saturated heterocycles. The molecule has 0 aliphatic rings. The van der Waals surface area contributed by atoms with Crippen molar-refractivity contribution in [2.75, 3.05) is 7.11 Å². The number of ketones is 1. The average Bonchev–Trinajstić information content (AvgIpc) is 2.76. The number of aromatic amines is 1. The molecule has 0 bridgehead atoms. The molecule has 2 aromatic heterocycles. The number of Topliss-reactive ketones (excluding diaryl/α,β-unsaturated/α-hetero) is 1. The summed E-state index contributed by atoms with van der Waals surface area (Å²) >= 11 is 5.89. The van der Waals surface area contributed by atoms with Crippen LogP contribution in [0.15, 0.2) is 12.4 Å². The van der Waals surface area contributed by atoms with Gasteiger partial charge in [-0.25, -0.2) is 4.98 Å².